The van der Waals surface area contributed by atoms with Gasteiger partial charge in [-0.25, -0.2) is 0 Å². The molecule has 0 spiro atoms. The van der Waals surface area contributed by atoms with Gasteiger partial charge in [0.15, 0.2) is 0 Å². The molecular formula is C19H26N3O2Sn. The van der Waals surface area contributed by atoms with Crippen LogP contribution in [-0.2, 0) is 4.79 Å². The van der Waals surface area contributed by atoms with E-state index in [1.807, 2.05) is 18.2 Å². The summed E-state index contributed by atoms with van der Waals surface area (Å²) in [6, 6.07) is 5.98. The van der Waals surface area contributed by atoms with Crippen molar-refractivity contribution in [2.24, 2.45) is 28.9 Å². The fraction of sp³-hybridized carbons (Fsp3) is 0.632. The molecule has 2 atom stereocenters. The second-order valence-electron chi connectivity index (χ2n) is 8.52. The van der Waals surface area contributed by atoms with Gasteiger partial charge >= 0.3 is 156 Å². The van der Waals surface area contributed by atoms with E-state index in [0.29, 0.717) is 23.4 Å². The third kappa shape index (κ3) is 2.98. The summed E-state index contributed by atoms with van der Waals surface area (Å²) in [7, 11) is 0. The molecule has 1 aromatic heterocycles. The predicted molar refractivity (Wildman–Crippen MR) is 97.8 cm³/mol. The number of hydrogen-bond acceptors (Lipinski definition) is 3. The molecule has 0 aromatic carbocycles. The molecule has 4 aliphatic carbocycles. The number of nitrogens with one attached hydrogen (secondary N) is 1. The molecule has 0 aliphatic heterocycles. The molecule has 1 aromatic rings. The standard InChI is InChI=1S/C17H20N3O2.2CH3.Sn/c18-16(22)17-7-10-5-11(8-17)14(12(6-10)9-17)20-15(21)13-3-1-2-4-19-13;;;/h1-3,10-12,14H,5-9H2,(H2,18,22)(H,20,21);2*1H3;. The average molecular weight is 447 g/mol. The van der Waals surface area contributed by atoms with E-state index in [1.165, 1.54) is 0 Å². The van der Waals surface area contributed by atoms with Crippen LogP contribution >= 0.6 is 0 Å². The zero-order valence-electron chi connectivity index (χ0n) is 14.9. The van der Waals surface area contributed by atoms with Gasteiger partial charge in [-0.3, -0.25) is 0 Å². The first-order chi connectivity index (χ1) is 11.9. The summed E-state index contributed by atoms with van der Waals surface area (Å²) in [6.07, 6.45) is 4.88. The molecule has 1 radical (unpaired) electrons. The van der Waals surface area contributed by atoms with E-state index >= 15 is 0 Å². The Morgan fingerprint density at radius 1 is 1.20 bits per heavy atom. The van der Waals surface area contributed by atoms with E-state index in [2.05, 4.69) is 20.2 Å². The summed E-state index contributed by atoms with van der Waals surface area (Å²) in [6.45, 7) is 0. The molecule has 5 nitrogen and oxygen atoms in total. The normalized spacial score (nSPS) is 35.8. The van der Waals surface area contributed by atoms with Gasteiger partial charge in [0, 0.05) is 0 Å². The van der Waals surface area contributed by atoms with Crippen LogP contribution in [0.3, 0.4) is 0 Å². The first-order valence-electron chi connectivity index (χ1n) is 9.26. The van der Waals surface area contributed by atoms with Gasteiger partial charge < -0.3 is 0 Å². The molecule has 25 heavy (non-hydrogen) atoms. The van der Waals surface area contributed by atoms with Crippen molar-refractivity contribution >= 4 is 35.3 Å². The molecule has 4 bridgehead atoms. The Labute approximate surface area is 155 Å². The second-order valence-corrected chi connectivity index (χ2v) is 15.7. The SMILES string of the molecule is [CH3][Sn]([CH3])[c]1cccc(C(=O)NC2C3CC4CC2CC(C(N)=O)(C4)C3)n1. The summed E-state index contributed by atoms with van der Waals surface area (Å²) >= 11 is -1.58. The number of pyridine rings is 1. The van der Waals surface area contributed by atoms with Crippen LogP contribution in [0, 0.1) is 23.2 Å². The summed E-state index contributed by atoms with van der Waals surface area (Å²) in [4.78, 5) is 34.0. The van der Waals surface area contributed by atoms with Gasteiger partial charge in [0.2, 0.25) is 0 Å². The maximum absolute atomic E-state index is 12.8. The van der Waals surface area contributed by atoms with E-state index in [9.17, 15) is 9.59 Å². The van der Waals surface area contributed by atoms with Gasteiger partial charge in [0.1, 0.15) is 0 Å². The Bertz CT molecular complexity index is 704. The third-order valence-electron chi connectivity index (χ3n) is 6.59. The van der Waals surface area contributed by atoms with E-state index in [-0.39, 0.29) is 23.3 Å². The van der Waals surface area contributed by atoms with Crippen molar-refractivity contribution in [1.82, 2.24) is 10.3 Å². The molecule has 6 heteroatoms. The predicted octanol–water partition coefficient (Wildman–Crippen LogP) is 1.45. The number of primary amides is 1. The Balaban J connectivity index is 1.52. The van der Waals surface area contributed by atoms with E-state index in [0.717, 1.165) is 35.8 Å². The van der Waals surface area contributed by atoms with Crippen LogP contribution in [0.5, 0.6) is 0 Å². The minimum absolute atomic E-state index is 0.0583. The number of hydrogen-bond donors (Lipinski definition) is 2. The number of carbonyl (C=O) groups is 2. The fourth-order valence-corrected chi connectivity index (χ4v) is 7.83. The van der Waals surface area contributed by atoms with Gasteiger partial charge in [-0.05, 0) is 0 Å². The van der Waals surface area contributed by atoms with Crippen molar-refractivity contribution < 1.29 is 9.59 Å². The molecule has 0 saturated heterocycles. The minimum atomic E-state index is -1.58. The molecular weight excluding hydrogens is 421 g/mol. The Kier molecular flexibility index (Phi) is 4.33. The molecule has 4 fully saturated rings. The molecule has 3 N–H and O–H groups in total. The van der Waals surface area contributed by atoms with Crippen LogP contribution in [0.4, 0.5) is 0 Å². The number of carbonyl (C=O) groups excluding carboxylic acids is 2. The Morgan fingerprint density at radius 3 is 2.48 bits per heavy atom. The van der Waals surface area contributed by atoms with Crippen molar-refractivity contribution in [3.8, 4) is 0 Å². The van der Waals surface area contributed by atoms with Crippen LogP contribution in [0.1, 0.15) is 42.6 Å². The summed E-state index contributed by atoms with van der Waals surface area (Å²) in [5, 5.41) is 3.27. The van der Waals surface area contributed by atoms with Crippen molar-refractivity contribution in [3.63, 3.8) is 0 Å². The van der Waals surface area contributed by atoms with Crippen LogP contribution in [0.2, 0.25) is 9.88 Å². The Morgan fingerprint density at radius 2 is 1.88 bits per heavy atom. The molecule has 2 unspecified atom stereocenters. The number of rotatable bonds is 4. The van der Waals surface area contributed by atoms with E-state index in [4.69, 9.17) is 5.73 Å². The van der Waals surface area contributed by atoms with Crippen LogP contribution in [-0.4, -0.2) is 42.6 Å². The summed E-state index contributed by atoms with van der Waals surface area (Å²) < 4.78 is 1.13. The van der Waals surface area contributed by atoms with Crippen molar-refractivity contribution in [1.29, 1.82) is 0 Å². The molecule has 2 amide bonds. The monoisotopic (exact) mass is 448 g/mol. The quantitative estimate of drug-likeness (QED) is 0.686. The first kappa shape index (κ1) is 17.3. The van der Waals surface area contributed by atoms with Gasteiger partial charge in [0.25, 0.3) is 0 Å². The van der Waals surface area contributed by atoms with Gasteiger partial charge in [-0.2, -0.15) is 0 Å². The zero-order valence-corrected chi connectivity index (χ0v) is 17.8. The number of amides is 2. The van der Waals surface area contributed by atoms with Crippen molar-refractivity contribution in [3.05, 3.63) is 23.9 Å². The van der Waals surface area contributed by atoms with Gasteiger partial charge in [-0.1, -0.05) is 0 Å². The molecule has 4 saturated carbocycles. The second kappa shape index (κ2) is 6.25. The summed E-state index contributed by atoms with van der Waals surface area (Å²) in [5.41, 5.74) is 5.98. The third-order valence-corrected chi connectivity index (χ3v) is 10.3. The molecule has 4 aliphatic rings. The number of nitrogens with two attached hydrogens (primary N) is 1. The number of aromatic nitrogens is 1. The number of nitrogens with zero attached hydrogens (tertiary/aromatic N) is 1. The fourth-order valence-electron chi connectivity index (χ4n) is 5.63. The van der Waals surface area contributed by atoms with E-state index < -0.39 is 19.8 Å². The van der Waals surface area contributed by atoms with Gasteiger partial charge in [-0.15, -0.1) is 0 Å². The average Bonchev–Trinajstić information content (AvgIpc) is 2.57. The first-order valence-corrected chi connectivity index (χ1v) is 16.4. The van der Waals surface area contributed by atoms with Gasteiger partial charge in [0.05, 0.1) is 0 Å². The van der Waals surface area contributed by atoms with E-state index in [1.54, 1.807) is 0 Å². The van der Waals surface area contributed by atoms with Crippen molar-refractivity contribution in [2.75, 3.05) is 0 Å². The summed E-state index contributed by atoms with van der Waals surface area (Å²) in [5.74, 6) is 1.18. The molecule has 1 heterocycles. The van der Waals surface area contributed by atoms with Crippen LogP contribution in [0.15, 0.2) is 18.2 Å². The molecule has 133 valence electrons. The zero-order chi connectivity index (χ0) is 17.8. The molecule has 5 rings (SSSR count). The van der Waals surface area contributed by atoms with Crippen LogP contribution in [0.25, 0.3) is 0 Å². The Hall–Kier alpha value is -1.11. The topological polar surface area (TPSA) is 85.1 Å². The van der Waals surface area contributed by atoms with Crippen LogP contribution < -0.4 is 14.8 Å². The maximum atomic E-state index is 12.8. The van der Waals surface area contributed by atoms with Crippen molar-refractivity contribution in [2.45, 2.75) is 48.0 Å².